The number of ketones is 3. The SMILES string of the molecule is C[C@H](CC(=O)CN1CCOCC1)C(=O)N[C@@H](Cc1c[nH]c2ccccc12)C(=O)C[C@@H](CC1CCCC1)C(=O)[C@@]1(C)CO1. The minimum Gasteiger partial charge on any atom is -0.379 e. The van der Waals surface area contributed by atoms with Gasteiger partial charge in [-0.1, -0.05) is 50.8 Å². The molecule has 1 saturated carbocycles. The molecule has 0 radical (unpaired) electrons. The van der Waals surface area contributed by atoms with E-state index in [9.17, 15) is 19.2 Å². The second-order valence-electron chi connectivity index (χ2n) is 12.8. The van der Waals surface area contributed by atoms with Gasteiger partial charge in [-0.2, -0.15) is 0 Å². The number of carbonyl (C=O) groups excluding carboxylic acids is 4. The third-order valence-electron chi connectivity index (χ3n) is 9.30. The fourth-order valence-electron chi connectivity index (χ4n) is 6.59. The summed E-state index contributed by atoms with van der Waals surface area (Å²) >= 11 is 0. The molecular weight excluding hydrogens is 534 g/mol. The first kappa shape index (κ1) is 30.6. The van der Waals surface area contributed by atoms with E-state index in [-0.39, 0.29) is 36.1 Å². The van der Waals surface area contributed by atoms with Gasteiger partial charge in [-0.3, -0.25) is 24.1 Å². The molecule has 2 aromatic rings. The van der Waals surface area contributed by atoms with Crippen LogP contribution >= 0.6 is 0 Å². The van der Waals surface area contributed by atoms with Gasteiger partial charge < -0.3 is 19.8 Å². The quantitative estimate of drug-likeness (QED) is 0.309. The van der Waals surface area contributed by atoms with Crippen LogP contribution in [-0.2, 0) is 35.1 Å². The number of nitrogens with zero attached hydrogens (tertiary/aromatic N) is 1. The number of hydrogen-bond acceptors (Lipinski definition) is 7. The smallest absolute Gasteiger partial charge is 0.223 e. The summed E-state index contributed by atoms with van der Waals surface area (Å²) in [5, 5.41) is 3.99. The van der Waals surface area contributed by atoms with Crippen LogP contribution in [0, 0.1) is 17.8 Å². The zero-order valence-corrected chi connectivity index (χ0v) is 25.0. The highest BCUT2D eigenvalue weighted by molar-refractivity contribution is 5.98. The molecule has 1 aliphatic carbocycles. The second kappa shape index (κ2) is 13.6. The van der Waals surface area contributed by atoms with Crippen LogP contribution in [0.5, 0.6) is 0 Å². The van der Waals surface area contributed by atoms with Crippen LogP contribution in [0.3, 0.4) is 0 Å². The first-order valence-corrected chi connectivity index (χ1v) is 15.6. The number of amides is 1. The number of benzene rings is 1. The van der Waals surface area contributed by atoms with Crippen LogP contribution < -0.4 is 5.32 Å². The predicted molar refractivity (Wildman–Crippen MR) is 159 cm³/mol. The number of H-pyrrole nitrogens is 1. The number of ether oxygens (including phenoxy) is 2. The molecule has 42 heavy (non-hydrogen) atoms. The molecule has 0 bridgehead atoms. The predicted octanol–water partition coefficient (Wildman–Crippen LogP) is 3.64. The first-order chi connectivity index (χ1) is 20.2. The Morgan fingerprint density at radius 1 is 1.10 bits per heavy atom. The summed E-state index contributed by atoms with van der Waals surface area (Å²) in [7, 11) is 0. The van der Waals surface area contributed by atoms with Gasteiger partial charge in [0, 0.05) is 61.3 Å². The Balaban J connectivity index is 1.29. The van der Waals surface area contributed by atoms with Crippen LogP contribution in [0.25, 0.3) is 10.9 Å². The molecule has 228 valence electrons. The maximum absolute atomic E-state index is 14.0. The van der Waals surface area contributed by atoms with Gasteiger partial charge in [-0.05, 0) is 30.9 Å². The van der Waals surface area contributed by atoms with Crippen LogP contribution in [0.1, 0.15) is 64.4 Å². The molecule has 5 rings (SSSR count). The summed E-state index contributed by atoms with van der Waals surface area (Å²) in [6.45, 7) is 6.86. The number of para-hydroxylation sites is 1. The summed E-state index contributed by atoms with van der Waals surface area (Å²) < 4.78 is 10.8. The normalized spacial score (nSPS) is 23.4. The zero-order chi connectivity index (χ0) is 29.7. The average molecular weight is 580 g/mol. The van der Waals surface area contributed by atoms with Crippen molar-refractivity contribution in [1.82, 2.24) is 15.2 Å². The highest BCUT2D eigenvalue weighted by Crippen LogP contribution is 2.37. The van der Waals surface area contributed by atoms with Crippen molar-refractivity contribution in [2.45, 2.75) is 76.9 Å². The number of nitrogens with one attached hydrogen (secondary N) is 2. The molecule has 3 aliphatic rings. The van der Waals surface area contributed by atoms with Gasteiger partial charge in [0.1, 0.15) is 11.4 Å². The average Bonchev–Trinajstić information content (AvgIpc) is 3.33. The molecule has 9 heteroatoms. The van der Waals surface area contributed by atoms with Gasteiger partial charge in [0.05, 0.1) is 32.4 Å². The summed E-state index contributed by atoms with van der Waals surface area (Å²) in [6, 6.07) is 7.06. The monoisotopic (exact) mass is 579 g/mol. The van der Waals surface area contributed by atoms with Crippen molar-refractivity contribution in [3.8, 4) is 0 Å². The molecule has 3 fully saturated rings. The van der Waals surface area contributed by atoms with Gasteiger partial charge in [-0.25, -0.2) is 0 Å². The topological polar surface area (TPSA) is 121 Å². The molecule has 4 atom stereocenters. The van der Waals surface area contributed by atoms with E-state index in [4.69, 9.17) is 9.47 Å². The Kier molecular flexibility index (Phi) is 9.91. The van der Waals surface area contributed by atoms with Gasteiger partial charge in [0.25, 0.3) is 0 Å². The van der Waals surface area contributed by atoms with E-state index < -0.39 is 23.5 Å². The molecule has 1 aromatic heterocycles. The van der Waals surface area contributed by atoms with Crippen molar-refractivity contribution in [2.24, 2.45) is 17.8 Å². The fourth-order valence-corrected chi connectivity index (χ4v) is 6.59. The Morgan fingerprint density at radius 2 is 1.81 bits per heavy atom. The lowest BCUT2D eigenvalue weighted by Crippen LogP contribution is -2.46. The minimum absolute atomic E-state index is 0.000966. The Hall–Kier alpha value is -2.88. The lowest BCUT2D eigenvalue weighted by molar-refractivity contribution is -0.134. The lowest BCUT2D eigenvalue weighted by Gasteiger charge is -2.26. The maximum atomic E-state index is 14.0. The number of epoxide rings is 1. The Morgan fingerprint density at radius 3 is 2.52 bits per heavy atom. The molecule has 0 spiro atoms. The number of hydrogen-bond donors (Lipinski definition) is 2. The van der Waals surface area contributed by atoms with E-state index in [1.807, 2.05) is 42.3 Å². The van der Waals surface area contributed by atoms with Gasteiger partial charge >= 0.3 is 0 Å². The Labute approximate surface area is 248 Å². The van der Waals surface area contributed by atoms with E-state index in [2.05, 4.69) is 10.3 Å². The molecule has 2 saturated heterocycles. The summed E-state index contributed by atoms with van der Waals surface area (Å²) in [5.74, 6) is -1.04. The number of aromatic amines is 1. The second-order valence-corrected chi connectivity index (χ2v) is 12.8. The third kappa shape index (κ3) is 7.74. The summed E-state index contributed by atoms with van der Waals surface area (Å²) in [4.78, 5) is 58.9. The fraction of sp³-hybridized carbons (Fsp3) is 0.636. The van der Waals surface area contributed by atoms with Crippen LogP contribution in [-0.4, -0.2) is 84.2 Å². The van der Waals surface area contributed by atoms with E-state index in [0.29, 0.717) is 58.2 Å². The molecule has 1 aromatic carbocycles. The summed E-state index contributed by atoms with van der Waals surface area (Å²) in [6.07, 6.45) is 7.55. The zero-order valence-electron chi connectivity index (χ0n) is 25.0. The van der Waals surface area contributed by atoms with E-state index in [0.717, 1.165) is 42.1 Å². The van der Waals surface area contributed by atoms with E-state index in [1.54, 1.807) is 6.92 Å². The Bertz CT molecular complexity index is 1270. The lowest BCUT2D eigenvalue weighted by atomic mass is 9.81. The molecule has 2 aliphatic heterocycles. The maximum Gasteiger partial charge on any atom is 0.223 e. The number of fused-ring (bicyclic) bond motifs is 1. The van der Waals surface area contributed by atoms with Crippen molar-refractivity contribution in [3.05, 3.63) is 36.0 Å². The number of rotatable bonds is 15. The van der Waals surface area contributed by atoms with Crippen LogP contribution in [0.15, 0.2) is 30.5 Å². The van der Waals surface area contributed by atoms with Crippen molar-refractivity contribution >= 4 is 34.2 Å². The molecule has 3 heterocycles. The van der Waals surface area contributed by atoms with Crippen molar-refractivity contribution in [3.63, 3.8) is 0 Å². The standard InChI is InChI=1S/C33H45N3O6/c1-22(15-26(37)20-36-11-13-41-14-12-36)32(40)35-29(17-25-19-34-28-10-6-5-9-27(25)28)30(38)18-24(16-23-7-3-4-8-23)31(39)33(2)21-42-33/h5-6,9-10,19,22-24,29,34H,3-4,7-8,11-18,20-21H2,1-2H3,(H,35,40)/t22-,24-,29+,33-/m1/s1. The van der Waals surface area contributed by atoms with Crippen molar-refractivity contribution in [2.75, 3.05) is 39.5 Å². The number of morpholine rings is 1. The van der Waals surface area contributed by atoms with Gasteiger partial charge in [0.2, 0.25) is 5.91 Å². The molecule has 1 amide bonds. The number of carbonyl (C=O) groups is 4. The highest BCUT2D eigenvalue weighted by Gasteiger charge is 2.50. The van der Waals surface area contributed by atoms with Crippen molar-refractivity contribution < 1.29 is 28.7 Å². The molecule has 0 unspecified atom stereocenters. The van der Waals surface area contributed by atoms with Crippen molar-refractivity contribution in [1.29, 1.82) is 0 Å². The minimum atomic E-state index is -0.805. The summed E-state index contributed by atoms with van der Waals surface area (Å²) in [5.41, 5.74) is 1.09. The molecule has 2 N–H and O–H groups in total. The largest absolute Gasteiger partial charge is 0.379 e. The van der Waals surface area contributed by atoms with Crippen LogP contribution in [0.2, 0.25) is 0 Å². The third-order valence-corrected chi connectivity index (χ3v) is 9.30. The molecular formula is C33H45N3O6. The van der Waals surface area contributed by atoms with Gasteiger partial charge in [0.15, 0.2) is 11.6 Å². The van der Waals surface area contributed by atoms with Gasteiger partial charge in [-0.15, -0.1) is 0 Å². The van der Waals surface area contributed by atoms with E-state index in [1.165, 1.54) is 0 Å². The van der Waals surface area contributed by atoms with Crippen LogP contribution in [0.4, 0.5) is 0 Å². The molecule has 9 nitrogen and oxygen atoms in total. The number of Topliss-reactive ketones (excluding diaryl/α,β-unsaturated/α-hetero) is 3. The number of aromatic nitrogens is 1. The van der Waals surface area contributed by atoms with E-state index >= 15 is 0 Å². The first-order valence-electron chi connectivity index (χ1n) is 15.6. The highest BCUT2D eigenvalue weighted by atomic mass is 16.6.